The van der Waals surface area contributed by atoms with Crippen molar-refractivity contribution in [3.8, 4) is 0 Å². The van der Waals surface area contributed by atoms with Crippen molar-refractivity contribution in [3.05, 3.63) is 23.1 Å². The highest BCUT2D eigenvalue weighted by Crippen LogP contribution is 2.22. The molecular weight excluding hydrogens is 138 g/mol. The quantitative estimate of drug-likeness (QED) is 0.611. The van der Waals surface area contributed by atoms with Crippen LogP contribution < -0.4 is 0 Å². The standard InChI is InChI=1S/C9H11NO/c1-2-8-7-5-3-4-6-9(7)11-10-8/h3,5H,2,4,6H2,1H3. The van der Waals surface area contributed by atoms with Crippen LogP contribution in [0.15, 0.2) is 10.6 Å². The van der Waals surface area contributed by atoms with Crippen LogP contribution in [0.25, 0.3) is 6.08 Å². The zero-order chi connectivity index (χ0) is 7.68. The molecule has 0 bridgehead atoms. The van der Waals surface area contributed by atoms with Crippen LogP contribution in [-0.4, -0.2) is 5.16 Å². The Balaban J connectivity index is 2.48. The molecule has 0 fully saturated rings. The van der Waals surface area contributed by atoms with Crippen molar-refractivity contribution in [2.24, 2.45) is 0 Å². The van der Waals surface area contributed by atoms with Crippen molar-refractivity contribution < 1.29 is 4.52 Å². The zero-order valence-electron chi connectivity index (χ0n) is 6.63. The fourth-order valence-corrected chi connectivity index (χ4v) is 1.41. The molecule has 2 rings (SSSR count). The molecule has 0 aromatic carbocycles. The topological polar surface area (TPSA) is 26.0 Å². The van der Waals surface area contributed by atoms with Gasteiger partial charge in [-0.15, -0.1) is 0 Å². The number of aryl methyl sites for hydroxylation is 2. The Morgan fingerprint density at radius 3 is 3.36 bits per heavy atom. The van der Waals surface area contributed by atoms with E-state index in [2.05, 4.69) is 24.2 Å². The van der Waals surface area contributed by atoms with Crippen LogP contribution >= 0.6 is 0 Å². The number of allylic oxidation sites excluding steroid dienone is 1. The third-order valence-corrected chi connectivity index (χ3v) is 2.03. The number of rotatable bonds is 1. The van der Waals surface area contributed by atoms with Gasteiger partial charge in [-0.3, -0.25) is 0 Å². The van der Waals surface area contributed by atoms with Gasteiger partial charge in [-0.2, -0.15) is 0 Å². The van der Waals surface area contributed by atoms with Crippen LogP contribution in [0.3, 0.4) is 0 Å². The molecule has 2 heteroatoms. The lowest BCUT2D eigenvalue weighted by Crippen LogP contribution is -1.91. The summed E-state index contributed by atoms with van der Waals surface area (Å²) in [5.41, 5.74) is 2.31. The first-order chi connectivity index (χ1) is 5.42. The van der Waals surface area contributed by atoms with E-state index in [1.165, 1.54) is 5.56 Å². The highest BCUT2D eigenvalue weighted by Gasteiger charge is 2.13. The second kappa shape index (κ2) is 2.53. The number of hydrogen-bond acceptors (Lipinski definition) is 2. The lowest BCUT2D eigenvalue weighted by molar-refractivity contribution is 0.377. The Hall–Kier alpha value is -1.05. The first-order valence-corrected chi connectivity index (χ1v) is 4.05. The molecule has 1 aliphatic rings. The first kappa shape index (κ1) is 6.65. The van der Waals surface area contributed by atoms with Crippen molar-refractivity contribution in [2.45, 2.75) is 26.2 Å². The predicted octanol–water partition coefficient (Wildman–Crippen LogP) is 2.20. The van der Waals surface area contributed by atoms with Crippen LogP contribution in [0.2, 0.25) is 0 Å². The molecule has 0 spiro atoms. The average molecular weight is 149 g/mol. The van der Waals surface area contributed by atoms with Crippen LogP contribution in [0.4, 0.5) is 0 Å². The average Bonchev–Trinajstić information content (AvgIpc) is 2.47. The van der Waals surface area contributed by atoms with E-state index in [0.717, 1.165) is 30.7 Å². The normalized spacial score (nSPS) is 15.0. The van der Waals surface area contributed by atoms with E-state index in [1.807, 2.05) is 0 Å². The second-order valence-corrected chi connectivity index (χ2v) is 2.76. The van der Waals surface area contributed by atoms with Gasteiger partial charge in [0.25, 0.3) is 0 Å². The second-order valence-electron chi connectivity index (χ2n) is 2.76. The molecule has 0 atom stereocenters. The van der Waals surface area contributed by atoms with Gasteiger partial charge >= 0.3 is 0 Å². The zero-order valence-corrected chi connectivity index (χ0v) is 6.63. The molecule has 0 saturated carbocycles. The van der Waals surface area contributed by atoms with E-state index >= 15 is 0 Å². The molecule has 0 saturated heterocycles. The molecule has 1 aromatic rings. The summed E-state index contributed by atoms with van der Waals surface area (Å²) in [5, 5.41) is 3.99. The molecule has 0 N–H and O–H groups in total. The first-order valence-electron chi connectivity index (χ1n) is 4.05. The maximum absolute atomic E-state index is 5.18. The predicted molar refractivity (Wildman–Crippen MR) is 43.2 cm³/mol. The molecule has 0 amide bonds. The number of nitrogens with zero attached hydrogens (tertiary/aromatic N) is 1. The molecule has 1 aromatic heterocycles. The van der Waals surface area contributed by atoms with Crippen molar-refractivity contribution in [3.63, 3.8) is 0 Å². The maximum atomic E-state index is 5.18. The summed E-state index contributed by atoms with van der Waals surface area (Å²) in [6.07, 6.45) is 7.36. The summed E-state index contributed by atoms with van der Waals surface area (Å²) in [4.78, 5) is 0. The lowest BCUT2D eigenvalue weighted by Gasteiger charge is -2.00. The van der Waals surface area contributed by atoms with E-state index in [1.54, 1.807) is 0 Å². The third kappa shape index (κ3) is 0.985. The van der Waals surface area contributed by atoms with Gasteiger partial charge in [-0.25, -0.2) is 0 Å². The van der Waals surface area contributed by atoms with Gasteiger partial charge in [0.15, 0.2) is 0 Å². The maximum Gasteiger partial charge on any atom is 0.144 e. The Labute approximate surface area is 65.9 Å². The molecule has 0 aliphatic heterocycles. The minimum Gasteiger partial charge on any atom is -0.360 e. The summed E-state index contributed by atoms with van der Waals surface area (Å²) in [6.45, 7) is 2.10. The van der Waals surface area contributed by atoms with Crippen LogP contribution in [0.5, 0.6) is 0 Å². The monoisotopic (exact) mass is 149 g/mol. The van der Waals surface area contributed by atoms with Crippen molar-refractivity contribution in [1.82, 2.24) is 5.16 Å². The molecular formula is C9H11NO. The molecule has 0 radical (unpaired) electrons. The Morgan fingerprint density at radius 2 is 2.55 bits per heavy atom. The minimum absolute atomic E-state index is 0.961. The van der Waals surface area contributed by atoms with Crippen molar-refractivity contribution in [1.29, 1.82) is 0 Å². The Morgan fingerprint density at radius 1 is 1.64 bits per heavy atom. The molecule has 11 heavy (non-hydrogen) atoms. The van der Waals surface area contributed by atoms with E-state index in [9.17, 15) is 0 Å². The van der Waals surface area contributed by atoms with Gasteiger partial charge in [-0.05, 0) is 12.8 Å². The van der Waals surface area contributed by atoms with Gasteiger partial charge in [-0.1, -0.05) is 24.2 Å². The van der Waals surface area contributed by atoms with Gasteiger partial charge < -0.3 is 4.52 Å². The highest BCUT2D eigenvalue weighted by molar-refractivity contribution is 5.55. The Bertz CT molecular complexity index is 286. The largest absolute Gasteiger partial charge is 0.360 e. The van der Waals surface area contributed by atoms with Gasteiger partial charge in [0.1, 0.15) is 5.76 Å². The van der Waals surface area contributed by atoms with E-state index in [-0.39, 0.29) is 0 Å². The molecule has 58 valence electrons. The Kier molecular flexibility index (Phi) is 1.53. The van der Waals surface area contributed by atoms with Crippen LogP contribution in [-0.2, 0) is 12.8 Å². The van der Waals surface area contributed by atoms with E-state index in [0.29, 0.717) is 0 Å². The number of fused-ring (bicyclic) bond motifs is 1. The van der Waals surface area contributed by atoms with Crippen molar-refractivity contribution >= 4 is 6.08 Å². The lowest BCUT2D eigenvalue weighted by atomic mass is 10.0. The molecule has 1 heterocycles. The molecule has 1 aliphatic carbocycles. The fraction of sp³-hybridized carbons (Fsp3) is 0.444. The summed E-state index contributed by atoms with van der Waals surface area (Å²) in [5.74, 6) is 1.06. The smallest absolute Gasteiger partial charge is 0.144 e. The van der Waals surface area contributed by atoms with E-state index < -0.39 is 0 Å². The molecule has 2 nitrogen and oxygen atoms in total. The van der Waals surface area contributed by atoms with E-state index in [4.69, 9.17) is 4.52 Å². The SMILES string of the molecule is CCc1noc2c1C=CCC2. The molecule has 0 unspecified atom stereocenters. The summed E-state index contributed by atoms with van der Waals surface area (Å²) in [6, 6.07) is 0. The number of aromatic nitrogens is 1. The van der Waals surface area contributed by atoms with Gasteiger partial charge in [0.05, 0.1) is 5.69 Å². The van der Waals surface area contributed by atoms with Gasteiger partial charge in [0.2, 0.25) is 0 Å². The summed E-state index contributed by atoms with van der Waals surface area (Å²) in [7, 11) is 0. The minimum atomic E-state index is 0.961. The summed E-state index contributed by atoms with van der Waals surface area (Å²) < 4.78 is 5.18. The number of hydrogen-bond donors (Lipinski definition) is 0. The summed E-state index contributed by atoms with van der Waals surface area (Å²) >= 11 is 0. The van der Waals surface area contributed by atoms with Gasteiger partial charge in [0, 0.05) is 12.0 Å². The fourth-order valence-electron chi connectivity index (χ4n) is 1.41. The van der Waals surface area contributed by atoms with Crippen molar-refractivity contribution in [2.75, 3.05) is 0 Å². The highest BCUT2D eigenvalue weighted by atomic mass is 16.5. The van der Waals surface area contributed by atoms with Crippen LogP contribution in [0, 0.1) is 0 Å². The van der Waals surface area contributed by atoms with Crippen LogP contribution in [0.1, 0.15) is 30.4 Å². The third-order valence-electron chi connectivity index (χ3n) is 2.03.